The van der Waals surface area contributed by atoms with E-state index in [2.05, 4.69) is 0 Å². The summed E-state index contributed by atoms with van der Waals surface area (Å²) in [5, 5.41) is 0. The Kier molecular flexibility index (Phi) is 5.21. The maximum atomic E-state index is 11.6. The second kappa shape index (κ2) is 7.56. The van der Waals surface area contributed by atoms with Gasteiger partial charge in [0.15, 0.2) is 17.6 Å². The molecule has 2 atom stereocenters. The van der Waals surface area contributed by atoms with Crippen molar-refractivity contribution in [3.05, 3.63) is 47.5 Å². The molecule has 0 radical (unpaired) electrons. The van der Waals surface area contributed by atoms with Crippen molar-refractivity contribution >= 4 is 5.97 Å². The molecule has 0 aliphatic carbocycles. The number of fused-ring (bicyclic) bond motifs is 1. The second-order valence-electron chi connectivity index (χ2n) is 5.98. The second-order valence-corrected chi connectivity index (χ2v) is 5.98. The molecule has 1 aliphatic rings. The maximum absolute atomic E-state index is 11.6. The minimum atomic E-state index is -0.460. The van der Waals surface area contributed by atoms with E-state index < -0.39 is 12.2 Å². The van der Waals surface area contributed by atoms with Crippen LogP contribution in [-0.2, 0) is 16.0 Å². The molecule has 6 heteroatoms. The van der Waals surface area contributed by atoms with Crippen LogP contribution in [0, 0.1) is 0 Å². The number of benzene rings is 2. The summed E-state index contributed by atoms with van der Waals surface area (Å²) in [4.78, 5) is 11.6. The minimum absolute atomic E-state index is 0.346. The Morgan fingerprint density at radius 1 is 1.00 bits per heavy atom. The number of esters is 1. The molecule has 0 saturated carbocycles. The number of carbonyl (C=O) groups excluding carboxylic acids is 1. The van der Waals surface area contributed by atoms with E-state index in [-0.39, 0.29) is 5.97 Å². The molecule has 1 aliphatic heterocycles. The number of methoxy groups -OCH3 is 3. The van der Waals surface area contributed by atoms with Gasteiger partial charge in [0.25, 0.3) is 0 Å². The van der Waals surface area contributed by atoms with Crippen molar-refractivity contribution in [2.45, 2.75) is 25.6 Å². The van der Waals surface area contributed by atoms with Crippen molar-refractivity contribution in [2.75, 3.05) is 21.3 Å². The molecule has 0 spiro atoms. The van der Waals surface area contributed by atoms with Gasteiger partial charge < -0.3 is 23.7 Å². The van der Waals surface area contributed by atoms with Gasteiger partial charge in [-0.25, -0.2) is 0 Å². The number of rotatable bonds is 5. The van der Waals surface area contributed by atoms with Gasteiger partial charge in [0, 0.05) is 25.0 Å². The highest BCUT2D eigenvalue weighted by Gasteiger charge is 2.34. The highest BCUT2D eigenvalue weighted by atomic mass is 16.6. The van der Waals surface area contributed by atoms with E-state index in [0.29, 0.717) is 29.4 Å². The largest absolute Gasteiger partial charge is 0.497 e. The standard InChI is InChI=1S/C20H22O6/c1-12(21)25-19-9-13-5-7-15(22-2)11-17(13)26-20(19)14-6-8-16(23-3)18(10-14)24-4/h5-8,10-11,19-20H,9H2,1-4H3/t19-,20-/m1/s1. The van der Waals surface area contributed by atoms with E-state index in [1.54, 1.807) is 21.3 Å². The molecule has 3 rings (SSSR count). The fraction of sp³-hybridized carbons (Fsp3) is 0.350. The van der Waals surface area contributed by atoms with Gasteiger partial charge in [-0.15, -0.1) is 0 Å². The summed E-state index contributed by atoms with van der Waals surface area (Å²) in [6.07, 6.45) is -0.345. The fourth-order valence-corrected chi connectivity index (χ4v) is 3.11. The minimum Gasteiger partial charge on any atom is -0.497 e. The quantitative estimate of drug-likeness (QED) is 0.764. The lowest BCUT2D eigenvalue weighted by molar-refractivity contribution is -0.152. The van der Waals surface area contributed by atoms with E-state index >= 15 is 0 Å². The first-order valence-electron chi connectivity index (χ1n) is 8.28. The molecule has 0 unspecified atom stereocenters. The van der Waals surface area contributed by atoms with Gasteiger partial charge in [-0.3, -0.25) is 4.79 Å². The molecule has 26 heavy (non-hydrogen) atoms. The molecule has 0 amide bonds. The van der Waals surface area contributed by atoms with Crippen LogP contribution in [0.25, 0.3) is 0 Å². The summed E-state index contributed by atoms with van der Waals surface area (Å²) in [6, 6.07) is 11.2. The van der Waals surface area contributed by atoms with Crippen molar-refractivity contribution in [2.24, 2.45) is 0 Å². The zero-order chi connectivity index (χ0) is 18.7. The van der Waals surface area contributed by atoms with Crippen LogP contribution in [0.2, 0.25) is 0 Å². The van der Waals surface area contributed by atoms with Crippen LogP contribution in [0.1, 0.15) is 24.2 Å². The molecule has 2 aromatic carbocycles. The Morgan fingerprint density at radius 3 is 2.42 bits per heavy atom. The van der Waals surface area contributed by atoms with E-state index in [0.717, 1.165) is 11.1 Å². The first kappa shape index (κ1) is 17.9. The molecule has 0 saturated heterocycles. The molecular formula is C20H22O6. The van der Waals surface area contributed by atoms with Gasteiger partial charge in [0.05, 0.1) is 21.3 Å². The van der Waals surface area contributed by atoms with Crippen LogP contribution in [0.3, 0.4) is 0 Å². The smallest absolute Gasteiger partial charge is 0.303 e. The molecule has 2 aromatic rings. The summed E-state index contributed by atoms with van der Waals surface area (Å²) in [5.74, 6) is 2.29. The van der Waals surface area contributed by atoms with Crippen molar-refractivity contribution in [3.63, 3.8) is 0 Å². The van der Waals surface area contributed by atoms with Crippen molar-refractivity contribution < 1.29 is 28.5 Å². The summed E-state index contributed by atoms with van der Waals surface area (Å²) in [6.45, 7) is 1.40. The molecule has 0 N–H and O–H groups in total. The summed E-state index contributed by atoms with van der Waals surface area (Å²) in [5.41, 5.74) is 1.80. The maximum Gasteiger partial charge on any atom is 0.303 e. The van der Waals surface area contributed by atoms with Crippen LogP contribution >= 0.6 is 0 Å². The first-order valence-corrected chi connectivity index (χ1v) is 8.28. The van der Waals surface area contributed by atoms with Crippen LogP contribution in [0.4, 0.5) is 0 Å². The van der Waals surface area contributed by atoms with E-state index in [1.807, 2.05) is 36.4 Å². The lowest BCUT2D eigenvalue weighted by atomic mass is 9.94. The number of hydrogen-bond acceptors (Lipinski definition) is 6. The number of carbonyl (C=O) groups is 1. The molecular weight excluding hydrogens is 336 g/mol. The van der Waals surface area contributed by atoms with E-state index in [9.17, 15) is 4.79 Å². The Balaban J connectivity index is 2.00. The van der Waals surface area contributed by atoms with Crippen LogP contribution in [0.15, 0.2) is 36.4 Å². The lowest BCUT2D eigenvalue weighted by Crippen LogP contribution is -2.34. The predicted octanol–water partition coefficient (Wildman–Crippen LogP) is 3.32. The van der Waals surface area contributed by atoms with Crippen LogP contribution in [-0.4, -0.2) is 33.4 Å². The third kappa shape index (κ3) is 3.54. The van der Waals surface area contributed by atoms with Gasteiger partial charge in [-0.2, -0.15) is 0 Å². The topological polar surface area (TPSA) is 63.2 Å². The Morgan fingerprint density at radius 2 is 1.77 bits per heavy atom. The average Bonchev–Trinajstić information content (AvgIpc) is 2.66. The normalized spacial score (nSPS) is 18.3. The SMILES string of the molecule is COc1ccc2c(c1)O[C@H](c1ccc(OC)c(OC)c1)[C@H](OC(C)=O)C2. The summed E-state index contributed by atoms with van der Waals surface area (Å²) in [7, 11) is 4.77. The number of hydrogen-bond donors (Lipinski definition) is 0. The van der Waals surface area contributed by atoms with Crippen LogP contribution < -0.4 is 18.9 Å². The highest BCUT2D eigenvalue weighted by Crippen LogP contribution is 2.40. The van der Waals surface area contributed by atoms with E-state index in [4.69, 9.17) is 23.7 Å². The Hall–Kier alpha value is -2.89. The number of ether oxygens (including phenoxy) is 5. The molecule has 0 fully saturated rings. The lowest BCUT2D eigenvalue weighted by Gasteiger charge is -2.33. The summed E-state index contributed by atoms with van der Waals surface area (Å²) >= 11 is 0. The summed E-state index contributed by atoms with van der Waals surface area (Å²) < 4.78 is 27.7. The fourth-order valence-electron chi connectivity index (χ4n) is 3.11. The van der Waals surface area contributed by atoms with Crippen molar-refractivity contribution in [3.8, 4) is 23.0 Å². The van der Waals surface area contributed by atoms with Gasteiger partial charge in [-0.05, 0) is 23.8 Å². The molecule has 1 heterocycles. The van der Waals surface area contributed by atoms with Crippen LogP contribution in [0.5, 0.6) is 23.0 Å². The van der Waals surface area contributed by atoms with Crippen molar-refractivity contribution in [1.82, 2.24) is 0 Å². The third-order valence-electron chi connectivity index (χ3n) is 4.34. The molecule has 0 bridgehead atoms. The predicted molar refractivity (Wildman–Crippen MR) is 95.2 cm³/mol. The molecule has 0 aromatic heterocycles. The van der Waals surface area contributed by atoms with Crippen molar-refractivity contribution in [1.29, 1.82) is 0 Å². The van der Waals surface area contributed by atoms with Gasteiger partial charge in [0.1, 0.15) is 17.6 Å². The molecule has 138 valence electrons. The monoisotopic (exact) mass is 358 g/mol. The van der Waals surface area contributed by atoms with E-state index in [1.165, 1.54) is 6.92 Å². The Bertz CT molecular complexity index is 801. The first-order chi connectivity index (χ1) is 12.5. The molecule has 6 nitrogen and oxygen atoms in total. The third-order valence-corrected chi connectivity index (χ3v) is 4.34. The van der Waals surface area contributed by atoms with Gasteiger partial charge in [-0.1, -0.05) is 12.1 Å². The highest BCUT2D eigenvalue weighted by molar-refractivity contribution is 5.66. The van der Waals surface area contributed by atoms with Gasteiger partial charge in [0.2, 0.25) is 0 Å². The zero-order valence-corrected chi connectivity index (χ0v) is 15.3. The average molecular weight is 358 g/mol. The zero-order valence-electron chi connectivity index (χ0n) is 15.3. The Labute approximate surface area is 152 Å². The van der Waals surface area contributed by atoms with Gasteiger partial charge >= 0.3 is 5.97 Å².